The Balaban J connectivity index is 0.00000176. The van der Waals surface area contributed by atoms with Gasteiger partial charge in [-0.15, -0.1) is 0 Å². The summed E-state index contributed by atoms with van der Waals surface area (Å²) in [4.78, 5) is 28.2. The normalized spacial score (nSPS) is 19.6. The molecule has 0 aromatic heterocycles. The van der Waals surface area contributed by atoms with Gasteiger partial charge in [-0.05, 0) is 50.4 Å². The van der Waals surface area contributed by atoms with E-state index in [0.29, 0.717) is 26.0 Å². The minimum Gasteiger partial charge on any atom is -0.466 e. The number of nitrogens with zero attached hydrogens (tertiary/aromatic N) is 2. The van der Waals surface area contributed by atoms with Crippen LogP contribution in [0.5, 0.6) is 0 Å². The van der Waals surface area contributed by atoms with E-state index in [1.54, 1.807) is 19.0 Å². The molecule has 1 aromatic rings. The molecule has 5 heteroatoms. The fraction of sp³-hybridized carbons (Fsp3) is 0.636. The highest BCUT2D eigenvalue weighted by Crippen LogP contribution is 2.35. The van der Waals surface area contributed by atoms with Gasteiger partial charge in [0, 0.05) is 27.1 Å². The lowest BCUT2D eigenvalue weighted by atomic mass is 9.78. The van der Waals surface area contributed by atoms with E-state index in [2.05, 4.69) is 17.0 Å². The van der Waals surface area contributed by atoms with Crippen molar-refractivity contribution in [2.75, 3.05) is 40.8 Å². The molecule has 1 aliphatic rings. The van der Waals surface area contributed by atoms with Crippen LogP contribution in [0.1, 0.15) is 50.7 Å². The number of aryl methyl sites for hydroxylation is 1. The molecule has 1 amide bonds. The second kappa shape index (κ2) is 11.8. The number of hydrogen-bond donors (Lipinski definition) is 0. The number of piperidine rings is 1. The molecule has 0 aliphatic carbocycles. The Morgan fingerprint density at radius 2 is 1.89 bits per heavy atom. The van der Waals surface area contributed by atoms with Crippen molar-refractivity contribution in [2.24, 2.45) is 5.92 Å². The Morgan fingerprint density at radius 1 is 1.22 bits per heavy atom. The molecule has 0 N–H and O–H groups in total. The Bertz CT molecular complexity index is 601. The lowest BCUT2D eigenvalue weighted by Crippen LogP contribution is -2.41. The minimum atomic E-state index is -0.149. The molecular formula is C22H36N2O3. The number of benzene rings is 1. The molecule has 0 radical (unpaired) electrons. The van der Waals surface area contributed by atoms with Crippen LogP contribution >= 0.6 is 0 Å². The van der Waals surface area contributed by atoms with Gasteiger partial charge in [0.25, 0.3) is 0 Å². The van der Waals surface area contributed by atoms with E-state index in [0.717, 1.165) is 13.0 Å². The van der Waals surface area contributed by atoms with Crippen LogP contribution < -0.4 is 0 Å². The van der Waals surface area contributed by atoms with E-state index in [9.17, 15) is 9.59 Å². The zero-order valence-corrected chi connectivity index (χ0v) is 17.8. The van der Waals surface area contributed by atoms with Crippen LogP contribution in [0.4, 0.5) is 0 Å². The van der Waals surface area contributed by atoms with E-state index in [-0.39, 0.29) is 23.7 Å². The first-order valence-corrected chi connectivity index (χ1v) is 10.1. The number of carbonyl (C=O) groups is 2. The van der Waals surface area contributed by atoms with Gasteiger partial charge >= 0.3 is 5.97 Å². The number of amides is 1. The maximum Gasteiger partial charge on any atom is 0.310 e. The quantitative estimate of drug-likeness (QED) is 0.715. The largest absolute Gasteiger partial charge is 0.466 e. The first-order valence-electron chi connectivity index (χ1n) is 10.1. The maximum absolute atomic E-state index is 12.5. The van der Waals surface area contributed by atoms with Crippen molar-refractivity contribution in [1.82, 2.24) is 9.80 Å². The summed E-state index contributed by atoms with van der Waals surface area (Å²) in [5.41, 5.74) is 2.36. The van der Waals surface area contributed by atoms with E-state index < -0.39 is 0 Å². The van der Waals surface area contributed by atoms with Gasteiger partial charge in [-0.25, -0.2) is 0 Å². The number of ether oxygens (including phenoxy) is 1. The smallest absolute Gasteiger partial charge is 0.310 e. The van der Waals surface area contributed by atoms with Gasteiger partial charge in [0.2, 0.25) is 5.91 Å². The maximum atomic E-state index is 12.5. The topological polar surface area (TPSA) is 49.9 Å². The molecule has 1 fully saturated rings. The third kappa shape index (κ3) is 6.65. The van der Waals surface area contributed by atoms with Crippen molar-refractivity contribution in [1.29, 1.82) is 0 Å². The van der Waals surface area contributed by atoms with E-state index in [4.69, 9.17) is 4.74 Å². The van der Waals surface area contributed by atoms with Gasteiger partial charge in [-0.1, -0.05) is 38.1 Å². The monoisotopic (exact) mass is 376 g/mol. The SMILES string of the molecule is CC.CCOC(=O)C1CN(C)CCC1c1ccccc1CCC(=O)N(C)C. The van der Waals surface area contributed by atoms with E-state index in [1.165, 1.54) is 11.1 Å². The molecule has 0 bridgehead atoms. The summed E-state index contributed by atoms with van der Waals surface area (Å²) in [6.45, 7) is 7.94. The highest BCUT2D eigenvalue weighted by molar-refractivity contribution is 5.76. The molecule has 0 saturated carbocycles. The Morgan fingerprint density at radius 3 is 2.52 bits per heavy atom. The molecule has 1 aromatic carbocycles. The predicted molar refractivity (Wildman–Crippen MR) is 110 cm³/mol. The van der Waals surface area contributed by atoms with Crippen LogP contribution in [0.25, 0.3) is 0 Å². The van der Waals surface area contributed by atoms with Gasteiger partial charge in [-0.3, -0.25) is 9.59 Å². The van der Waals surface area contributed by atoms with Crippen molar-refractivity contribution < 1.29 is 14.3 Å². The molecule has 5 nitrogen and oxygen atoms in total. The van der Waals surface area contributed by atoms with Crippen molar-refractivity contribution in [3.8, 4) is 0 Å². The standard InChI is InChI=1S/C20H30N2O3.C2H6/c1-5-25-20(24)18-14-22(4)13-12-17(18)16-9-7-6-8-15(16)10-11-19(23)21(2)3;1-2/h6-9,17-18H,5,10-14H2,1-4H3;1-2H3. The Labute approximate surface area is 164 Å². The summed E-state index contributed by atoms with van der Waals surface area (Å²) < 4.78 is 5.32. The highest BCUT2D eigenvalue weighted by Gasteiger charge is 2.36. The Hall–Kier alpha value is -1.88. The number of likely N-dealkylation sites (tertiary alicyclic amines) is 1. The van der Waals surface area contributed by atoms with Crippen LogP contribution in [-0.2, 0) is 20.7 Å². The number of esters is 1. The van der Waals surface area contributed by atoms with E-state index in [1.807, 2.05) is 40.0 Å². The third-order valence-electron chi connectivity index (χ3n) is 4.97. The first kappa shape index (κ1) is 23.2. The highest BCUT2D eigenvalue weighted by atomic mass is 16.5. The summed E-state index contributed by atoms with van der Waals surface area (Å²) in [5.74, 6) is 0.0173. The first-order chi connectivity index (χ1) is 12.9. The molecule has 2 rings (SSSR count). The summed E-state index contributed by atoms with van der Waals surface area (Å²) in [7, 11) is 5.61. The molecule has 2 atom stereocenters. The summed E-state index contributed by atoms with van der Waals surface area (Å²) in [5, 5.41) is 0. The molecule has 152 valence electrons. The van der Waals surface area contributed by atoms with Gasteiger partial charge < -0.3 is 14.5 Å². The molecule has 2 unspecified atom stereocenters. The average molecular weight is 377 g/mol. The molecule has 27 heavy (non-hydrogen) atoms. The van der Waals surface area contributed by atoms with Gasteiger partial charge in [0.15, 0.2) is 0 Å². The predicted octanol–water partition coefficient (Wildman–Crippen LogP) is 3.33. The lowest BCUT2D eigenvalue weighted by Gasteiger charge is -2.36. The number of carbonyl (C=O) groups excluding carboxylic acids is 2. The zero-order chi connectivity index (χ0) is 20.4. The van der Waals surface area contributed by atoms with Crippen LogP contribution in [0.15, 0.2) is 24.3 Å². The summed E-state index contributed by atoms with van der Waals surface area (Å²) >= 11 is 0. The summed E-state index contributed by atoms with van der Waals surface area (Å²) in [6.07, 6.45) is 2.12. The van der Waals surface area contributed by atoms with Gasteiger partial charge in [0.1, 0.15) is 0 Å². The fourth-order valence-electron chi connectivity index (χ4n) is 3.56. The van der Waals surface area contributed by atoms with Gasteiger partial charge in [0.05, 0.1) is 12.5 Å². The van der Waals surface area contributed by atoms with Gasteiger partial charge in [-0.2, -0.15) is 0 Å². The molecule has 1 aliphatic heterocycles. The molecule has 1 saturated heterocycles. The van der Waals surface area contributed by atoms with Crippen molar-refractivity contribution >= 4 is 11.9 Å². The zero-order valence-electron chi connectivity index (χ0n) is 17.8. The fourth-order valence-corrected chi connectivity index (χ4v) is 3.56. The summed E-state index contributed by atoms with van der Waals surface area (Å²) in [6, 6.07) is 8.22. The Kier molecular flexibility index (Phi) is 10.1. The molecule has 0 spiro atoms. The average Bonchev–Trinajstić information content (AvgIpc) is 2.68. The third-order valence-corrected chi connectivity index (χ3v) is 4.97. The van der Waals surface area contributed by atoms with Crippen LogP contribution in [-0.4, -0.2) is 62.5 Å². The van der Waals surface area contributed by atoms with Crippen LogP contribution in [0.3, 0.4) is 0 Å². The van der Waals surface area contributed by atoms with E-state index >= 15 is 0 Å². The lowest BCUT2D eigenvalue weighted by molar-refractivity contribution is -0.150. The van der Waals surface area contributed by atoms with Crippen LogP contribution in [0.2, 0.25) is 0 Å². The molecular weight excluding hydrogens is 340 g/mol. The number of hydrogen-bond acceptors (Lipinski definition) is 4. The van der Waals surface area contributed by atoms with Crippen molar-refractivity contribution in [3.05, 3.63) is 35.4 Å². The second-order valence-corrected chi connectivity index (χ2v) is 7.00. The minimum absolute atomic E-state index is 0.113. The molecule has 1 heterocycles. The second-order valence-electron chi connectivity index (χ2n) is 7.00. The van der Waals surface area contributed by atoms with Crippen molar-refractivity contribution in [2.45, 2.75) is 46.0 Å². The van der Waals surface area contributed by atoms with Crippen LogP contribution in [0, 0.1) is 5.92 Å². The van der Waals surface area contributed by atoms with Crippen molar-refractivity contribution in [3.63, 3.8) is 0 Å². The number of rotatable bonds is 6.